The van der Waals surface area contributed by atoms with Crippen LogP contribution in [0.1, 0.15) is 5.69 Å². The van der Waals surface area contributed by atoms with E-state index in [9.17, 15) is 0 Å². The molecule has 0 saturated carbocycles. The molecule has 0 saturated heterocycles. The third kappa shape index (κ3) is 1.42. The highest BCUT2D eigenvalue weighted by molar-refractivity contribution is 6.32. The van der Waals surface area contributed by atoms with Gasteiger partial charge in [0.1, 0.15) is 5.75 Å². The number of ether oxygens (including phenoxy) is 1. The van der Waals surface area contributed by atoms with Crippen molar-refractivity contribution in [1.82, 2.24) is 4.98 Å². The van der Waals surface area contributed by atoms with E-state index in [1.54, 1.807) is 13.3 Å². The third-order valence-electron chi connectivity index (χ3n) is 2.24. The van der Waals surface area contributed by atoms with E-state index < -0.39 is 0 Å². The first-order valence-corrected chi connectivity index (χ1v) is 4.69. The number of hydrogen-bond donors (Lipinski definition) is 0. The predicted octanol–water partition coefficient (Wildman–Crippen LogP) is 3.21. The second kappa shape index (κ2) is 3.46. The molecule has 0 unspecified atom stereocenters. The van der Waals surface area contributed by atoms with Crippen LogP contribution in [-0.2, 0) is 0 Å². The Morgan fingerprint density at radius 2 is 2.14 bits per heavy atom. The molecule has 0 spiro atoms. The molecule has 1 aromatic carbocycles. The molecule has 0 N–H and O–H groups in total. The van der Waals surface area contributed by atoms with Gasteiger partial charge in [0.05, 0.1) is 12.1 Å². The molecule has 72 valence electrons. The van der Waals surface area contributed by atoms with E-state index >= 15 is 0 Å². The first-order chi connectivity index (χ1) is 6.72. The van der Waals surface area contributed by atoms with Crippen LogP contribution < -0.4 is 4.74 Å². The summed E-state index contributed by atoms with van der Waals surface area (Å²) in [6, 6.07) is 5.75. The van der Waals surface area contributed by atoms with Crippen molar-refractivity contribution in [2.45, 2.75) is 6.92 Å². The molecule has 14 heavy (non-hydrogen) atoms. The minimum Gasteiger partial charge on any atom is -0.495 e. The summed E-state index contributed by atoms with van der Waals surface area (Å²) in [5.41, 5.74) is 0.984. The van der Waals surface area contributed by atoms with Crippen LogP contribution in [0.2, 0.25) is 5.02 Å². The summed E-state index contributed by atoms with van der Waals surface area (Å²) in [4.78, 5) is 4.21. The molecule has 0 aliphatic carbocycles. The van der Waals surface area contributed by atoms with Crippen molar-refractivity contribution < 1.29 is 4.74 Å². The van der Waals surface area contributed by atoms with Crippen LogP contribution in [0.25, 0.3) is 10.8 Å². The van der Waals surface area contributed by atoms with Crippen molar-refractivity contribution in [2.24, 2.45) is 0 Å². The van der Waals surface area contributed by atoms with Gasteiger partial charge in [-0.05, 0) is 30.5 Å². The second-order valence-electron chi connectivity index (χ2n) is 3.10. The van der Waals surface area contributed by atoms with Crippen molar-refractivity contribution >= 4 is 22.4 Å². The molecule has 2 nitrogen and oxygen atoms in total. The average molecular weight is 208 g/mol. The monoisotopic (exact) mass is 207 g/mol. The zero-order chi connectivity index (χ0) is 10.1. The molecule has 0 amide bonds. The minimum absolute atomic E-state index is 0.630. The number of fused-ring (bicyclic) bond motifs is 1. The largest absolute Gasteiger partial charge is 0.495 e. The number of benzene rings is 1. The lowest BCUT2D eigenvalue weighted by Crippen LogP contribution is -1.87. The highest BCUT2D eigenvalue weighted by atomic mass is 35.5. The van der Waals surface area contributed by atoms with Crippen molar-refractivity contribution in [3.8, 4) is 5.75 Å². The summed E-state index contributed by atoms with van der Waals surface area (Å²) in [6.45, 7) is 1.97. The predicted molar refractivity (Wildman–Crippen MR) is 58.0 cm³/mol. The SMILES string of the molecule is COc1cc2c(C)nccc2cc1Cl. The van der Waals surface area contributed by atoms with Gasteiger partial charge in [0.25, 0.3) is 0 Å². The number of nitrogens with zero attached hydrogens (tertiary/aromatic N) is 1. The number of aromatic nitrogens is 1. The lowest BCUT2D eigenvalue weighted by atomic mass is 10.1. The standard InChI is InChI=1S/C11H10ClNO/c1-7-9-6-11(14-2)10(12)5-8(9)3-4-13-7/h3-6H,1-2H3. The molecule has 1 aromatic heterocycles. The Balaban J connectivity index is 2.80. The number of pyridine rings is 1. The Kier molecular flexibility index (Phi) is 2.30. The Bertz CT molecular complexity index is 482. The first-order valence-electron chi connectivity index (χ1n) is 4.31. The highest BCUT2D eigenvalue weighted by Crippen LogP contribution is 2.30. The molecule has 2 aromatic rings. The summed E-state index contributed by atoms with van der Waals surface area (Å²) >= 11 is 6.01. The maximum Gasteiger partial charge on any atom is 0.138 e. The van der Waals surface area contributed by atoms with Crippen LogP contribution in [0.5, 0.6) is 5.75 Å². The Morgan fingerprint density at radius 1 is 1.36 bits per heavy atom. The number of aryl methyl sites for hydroxylation is 1. The number of methoxy groups -OCH3 is 1. The number of hydrogen-bond acceptors (Lipinski definition) is 2. The van der Waals surface area contributed by atoms with Gasteiger partial charge in [-0.2, -0.15) is 0 Å². The van der Waals surface area contributed by atoms with Gasteiger partial charge < -0.3 is 4.74 Å². The van der Waals surface area contributed by atoms with E-state index in [2.05, 4.69) is 4.98 Å². The van der Waals surface area contributed by atoms with Crippen molar-refractivity contribution in [1.29, 1.82) is 0 Å². The van der Waals surface area contributed by atoms with Crippen LogP contribution in [0.15, 0.2) is 24.4 Å². The third-order valence-corrected chi connectivity index (χ3v) is 2.53. The lowest BCUT2D eigenvalue weighted by molar-refractivity contribution is 0.415. The maximum absolute atomic E-state index is 6.01. The molecule has 0 radical (unpaired) electrons. The molecule has 1 heterocycles. The van der Waals surface area contributed by atoms with Crippen LogP contribution in [-0.4, -0.2) is 12.1 Å². The van der Waals surface area contributed by atoms with E-state index in [1.807, 2.05) is 25.1 Å². The van der Waals surface area contributed by atoms with Gasteiger partial charge in [-0.15, -0.1) is 0 Å². The second-order valence-corrected chi connectivity index (χ2v) is 3.51. The quantitative estimate of drug-likeness (QED) is 0.717. The molecule has 3 heteroatoms. The maximum atomic E-state index is 6.01. The smallest absolute Gasteiger partial charge is 0.138 e. The van der Waals surface area contributed by atoms with Crippen molar-refractivity contribution in [2.75, 3.05) is 7.11 Å². The fraction of sp³-hybridized carbons (Fsp3) is 0.182. The summed E-state index contributed by atoms with van der Waals surface area (Å²) in [5.74, 6) is 0.690. The van der Waals surface area contributed by atoms with E-state index in [-0.39, 0.29) is 0 Å². The zero-order valence-corrected chi connectivity index (χ0v) is 8.80. The van der Waals surface area contributed by atoms with E-state index in [0.717, 1.165) is 16.5 Å². The van der Waals surface area contributed by atoms with Crippen LogP contribution >= 0.6 is 11.6 Å². The molecule has 2 rings (SSSR count). The summed E-state index contributed by atoms with van der Waals surface area (Å²) in [6.07, 6.45) is 1.78. The normalized spacial score (nSPS) is 10.5. The highest BCUT2D eigenvalue weighted by Gasteiger charge is 2.04. The molecular formula is C11H10ClNO. The fourth-order valence-electron chi connectivity index (χ4n) is 1.48. The molecule has 0 fully saturated rings. The van der Waals surface area contributed by atoms with Gasteiger partial charge in [0.2, 0.25) is 0 Å². The molecule has 0 atom stereocenters. The van der Waals surface area contributed by atoms with Gasteiger partial charge in [0.15, 0.2) is 0 Å². The Labute approximate surface area is 87.5 Å². The van der Waals surface area contributed by atoms with Crippen molar-refractivity contribution in [3.63, 3.8) is 0 Å². The number of rotatable bonds is 1. The zero-order valence-electron chi connectivity index (χ0n) is 8.04. The Morgan fingerprint density at radius 3 is 2.86 bits per heavy atom. The van der Waals surface area contributed by atoms with E-state index in [0.29, 0.717) is 10.8 Å². The van der Waals surface area contributed by atoms with Crippen molar-refractivity contribution in [3.05, 3.63) is 35.1 Å². The molecule has 0 aliphatic rings. The summed E-state index contributed by atoms with van der Waals surface area (Å²) < 4.78 is 5.15. The Hall–Kier alpha value is -1.28. The molecule has 0 aliphatic heterocycles. The topological polar surface area (TPSA) is 22.1 Å². The summed E-state index contributed by atoms with van der Waals surface area (Å²) in [5, 5.41) is 2.79. The van der Waals surface area contributed by atoms with Gasteiger partial charge in [-0.3, -0.25) is 4.98 Å². The van der Waals surface area contributed by atoms with Gasteiger partial charge in [-0.1, -0.05) is 11.6 Å². The minimum atomic E-state index is 0.630. The van der Waals surface area contributed by atoms with E-state index in [4.69, 9.17) is 16.3 Å². The number of halogens is 1. The van der Waals surface area contributed by atoms with E-state index in [1.165, 1.54) is 0 Å². The summed E-state index contributed by atoms with van der Waals surface area (Å²) in [7, 11) is 1.61. The van der Waals surface area contributed by atoms with Gasteiger partial charge >= 0.3 is 0 Å². The fourth-order valence-corrected chi connectivity index (χ4v) is 1.72. The van der Waals surface area contributed by atoms with Crippen LogP contribution in [0.3, 0.4) is 0 Å². The van der Waals surface area contributed by atoms with Gasteiger partial charge in [0, 0.05) is 17.3 Å². The molecular weight excluding hydrogens is 198 g/mol. The van der Waals surface area contributed by atoms with Crippen LogP contribution in [0.4, 0.5) is 0 Å². The average Bonchev–Trinajstić information content (AvgIpc) is 2.17. The van der Waals surface area contributed by atoms with Crippen LogP contribution in [0, 0.1) is 6.92 Å². The first kappa shape index (κ1) is 9.28. The molecule has 0 bridgehead atoms. The lowest BCUT2D eigenvalue weighted by Gasteiger charge is -2.06. The van der Waals surface area contributed by atoms with Gasteiger partial charge in [-0.25, -0.2) is 0 Å².